The van der Waals surface area contributed by atoms with Crippen molar-refractivity contribution in [1.29, 1.82) is 0 Å². The van der Waals surface area contributed by atoms with Crippen molar-refractivity contribution in [3.05, 3.63) is 29.8 Å². The third-order valence-corrected chi connectivity index (χ3v) is 2.13. The minimum absolute atomic E-state index is 0.341. The first kappa shape index (κ1) is 9.49. The molecule has 0 unspecified atom stereocenters. The van der Waals surface area contributed by atoms with Gasteiger partial charge in [0.05, 0.1) is 26.9 Å². The lowest BCUT2D eigenvalue weighted by Gasteiger charge is -2.03. The van der Waals surface area contributed by atoms with E-state index in [4.69, 9.17) is 14.2 Å². The Morgan fingerprint density at radius 3 is 2.64 bits per heavy atom. The van der Waals surface area contributed by atoms with Gasteiger partial charge in [0, 0.05) is 0 Å². The van der Waals surface area contributed by atoms with Gasteiger partial charge in [-0.2, -0.15) is 0 Å². The van der Waals surface area contributed by atoms with Crippen molar-refractivity contribution in [2.24, 2.45) is 0 Å². The second-order valence-corrected chi connectivity index (χ2v) is 3.32. The monoisotopic (exact) mass is 194 g/mol. The van der Waals surface area contributed by atoms with E-state index in [0.29, 0.717) is 19.3 Å². The Bertz CT molecular complexity index is 277. The lowest BCUT2D eigenvalue weighted by atomic mass is 10.2. The largest absolute Gasteiger partial charge is 0.497 e. The highest BCUT2D eigenvalue weighted by atomic mass is 16.6. The Kier molecular flexibility index (Phi) is 3.01. The van der Waals surface area contributed by atoms with Crippen molar-refractivity contribution < 1.29 is 14.2 Å². The molecule has 1 saturated heterocycles. The fourth-order valence-corrected chi connectivity index (χ4v) is 1.19. The molecule has 0 aromatic heterocycles. The van der Waals surface area contributed by atoms with Gasteiger partial charge < -0.3 is 14.2 Å². The molecule has 2 rings (SSSR count). The number of benzene rings is 1. The van der Waals surface area contributed by atoms with E-state index in [9.17, 15) is 0 Å². The van der Waals surface area contributed by atoms with Crippen LogP contribution in [0.2, 0.25) is 0 Å². The van der Waals surface area contributed by atoms with Crippen LogP contribution in [0.25, 0.3) is 0 Å². The first-order valence-electron chi connectivity index (χ1n) is 4.71. The molecule has 1 fully saturated rings. The molecule has 3 heteroatoms. The van der Waals surface area contributed by atoms with Crippen LogP contribution < -0.4 is 4.74 Å². The molecule has 1 aliphatic heterocycles. The number of ether oxygens (including phenoxy) is 3. The van der Waals surface area contributed by atoms with Gasteiger partial charge in [0.2, 0.25) is 0 Å². The molecular formula is C11H14O3. The SMILES string of the molecule is COc1ccc(COC[C@H]2CO2)cc1. The van der Waals surface area contributed by atoms with Crippen molar-refractivity contribution in [1.82, 2.24) is 0 Å². The molecular weight excluding hydrogens is 180 g/mol. The van der Waals surface area contributed by atoms with Crippen LogP contribution in [0.5, 0.6) is 5.75 Å². The second kappa shape index (κ2) is 4.44. The zero-order valence-corrected chi connectivity index (χ0v) is 8.23. The van der Waals surface area contributed by atoms with Crippen LogP contribution in [0.1, 0.15) is 5.56 Å². The molecule has 0 spiro atoms. The topological polar surface area (TPSA) is 31.0 Å². The van der Waals surface area contributed by atoms with Crippen LogP contribution >= 0.6 is 0 Å². The molecule has 1 heterocycles. The highest BCUT2D eigenvalue weighted by Gasteiger charge is 2.22. The summed E-state index contributed by atoms with van der Waals surface area (Å²) in [4.78, 5) is 0. The van der Waals surface area contributed by atoms with Gasteiger partial charge >= 0.3 is 0 Å². The molecule has 0 bridgehead atoms. The highest BCUT2D eigenvalue weighted by Crippen LogP contribution is 2.13. The van der Waals surface area contributed by atoms with Gasteiger partial charge in [-0.05, 0) is 17.7 Å². The lowest BCUT2D eigenvalue weighted by molar-refractivity contribution is 0.104. The molecule has 1 atom stereocenters. The van der Waals surface area contributed by atoms with Gasteiger partial charge in [0.1, 0.15) is 11.9 Å². The molecule has 0 N–H and O–H groups in total. The number of rotatable bonds is 5. The van der Waals surface area contributed by atoms with Crippen molar-refractivity contribution in [3.63, 3.8) is 0 Å². The van der Waals surface area contributed by atoms with E-state index in [2.05, 4.69) is 0 Å². The zero-order chi connectivity index (χ0) is 9.80. The van der Waals surface area contributed by atoms with Gasteiger partial charge in [-0.1, -0.05) is 12.1 Å². The molecule has 0 amide bonds. The standard InChI is InChI=1S/C11H14O3/c1-12-10-4-2-9(3-5-10)6-13-7-11-8-14-11/h2-5,11H,6-8H2,1H3/t11-/m0/s1. The molecule has 1 aliphatic rings. The average Bonchev–Trinajstić information content (AvgIpc) is 3.03. The summed E-state index contributed by atoms with van der Waals surface area (Å²) >= 11 is 0. The predicted molar refractivity (Wildman–Crippen MR) is 52.4 cm³/mol. The summed E-state index contributed by atoms with van der Waals surface area (Å²) in [5.41, 5.74) is 1.16. The average molecular weight is 194 g/mol. The van der Waals surface area contributed by atoms with E-state index in [1.54, 1.807) is 7.11 Å². The van der Waals surface area contributed by atoms with Gasteiger partial charge in [0.25, 0.3) is 0 Å². The summed E-state index contributed by atoms with van der Waals surface area (Å²) in [6.07, 6.45) is 0.341. The van der Waals surface area contributed by atoms with Crippen LogP contribution in [-0.4, -0.2) is 26.4 Å². The van der Waals surface area contributed by atoms with Gasteiger partial charge in [-0.3, -0.25) is 0 Å². The molecule has 0 radical (unpaired) electrons. The normalized spacial score (nSPS) is 19.4. The molecule has 0 aliphatic carbocycles. The molecule has 0 saturated carbocycles. The third kappa shape index (κ3) is 2.72. The van der Waals surface area contributed by atoms with Gasteiger partial charge in [0.15, 0.2) is 0 Å². The van der Waals surface area contributed by atoms with Crippen LogP contribution in [0, 0.1) is 0 Å². The minimum atomic E-state index is 0.341. The van der Waals surface area contributed by atoms with E-state index in [1.807, 2.05) is 24.3 Å². The van der Waals surface area contributed by atoms with Gasteiger partial charge in [-0.15, -0.1) is 0 Å². The smallest absolute Gasteiger partial charge is 0.118 e. The maximum Gasteiger partial charge on any atom is 0.118 e. The van der Waals surface area contributed by atoms with Crippen molar-refractivity contribution in [2.45, 2.75) is 12.7 Å². The summed E-state index contributed by atoms with van der Waals surface area (Å²) in [5.74, 6) is 0.874. The molecule has 3 nitrogen and oxygen atoms in total. The van der Waals surface area contributed by atoms with E-state index in [0.717, 1.165) is 17.9 Å². The van der Waals surface area contributed by atoms with E-state index >= 15 is 0 Å². The molecule has 1 aromatic rings. The Balaban J connectivity index is 1.77. The Hall–Kier alpha value is -1.06. The van der Waals surface area contributed by atoms with Crippen LogP contribution in [0.15, 0.2) is 24.3 Å². The highest BCUT2D eigenvalue weighted by molar-refractivity contribution is 5.26. The lowest BCUT2D eigenvalue weighted by Crippen LogP contribution is -2.01. The quantitative estimate of drug-likeness (QED) is 0.667. The first-order chi connectivity index (χ1) is 6.88. The minimum Gasteiger partial charge on any atom is -0.497 e. The Morgan fingerprint density at radius 2 is 2.07 bits per heavy atom. The fourth-order valence-electron chi connectivity index (χ4n) is 1.19. The summed E-state index contributed by atoms with van der Waals surface area (Å²) in [5, 5.41) is 0. The van der Waals surface area contributed by atoms with E-state index in [1.165, 1.54) is 0 Å². The number of hydrogen-bond acceptors (Lipinski definition) is 3. The van der Waals surface area contributed by atoms with Crippen molar-refractivity contribution in [2.75, 3.05) is 20.3 Å². The number of epoxide rings is 1. The van der Waals surface area contributed by atoms with Crippen LogP contribution in [-0.2, 0) is 16.1 Å². The Morgan fingerprint density at radius 1 is 1.36 bits per heavy atom. The molecule has 14 heavy (non-hydrogen) atoms. The molecule has 76 valence electrons. The predicted octanol–water partition coefficient (Wildman–Crippen LogP) is 1.61. The summed E-state index contributed by atoms with van der Waals surface area (Å²) in [7, 11) is 1.66. The number of methoxy groups -OCH3 is 1. The summed E-state index contributed by atoms with van der Waals surface area (Å²) in [6.45, 7) is 2.19. The zero-order valence-electron chi connectivity index (χ0n) is 8.23. The van der Waals surface area contributed by atoms with Crippen LogP contribution in [0.3, 0.4) is 0 Å². The second-order valence-electron chi connectivity index (χ2n) is 3.32. The fraction of sp³-hybridized carbons (Fsp3) is 0.455. The van der Waals surface area contributed by atoms with Crippen molar-refractivity contribution in [3.8, 4) is 5.75 Å². The van der Waals surface area contributed by atoms with Crippen LogP contribution in [0.4, 0.5) is 0 Å². The maximum absolute atomic E-state index is 5.45. The molecule has 1 aromatic carbocycles. The van der Waals surface area contributed by atoms with E-state index in [-0.39, 0.29) is 0 Å². The number of hydrogen-bond donors (Lipinski definition) is 0. The maximum atomic E-state index is 5.45. The summed E-state index contributed by atoms with van der Waals surface area (Å²) < 4.78 is 15.6. The first-order valence-corrected chi connectivity index (χ1v) is 4.71. The Labute approximate surface area is 83.6 Å². The van der Waals surface area contributed by atoms with E-state index < -0.39 is 0 Å². The third-order valence-electron chi connectivity index (χ3n) is 2.13. The van der Waals surface area contributed by atoms with Crippen molar-refractivity contribution >= 4 is 0 Å². The van der Waals surface area contributed by atoms with Gasteiger partial charge in [-0.25, -0.2) is 0 Å². The summed E-state index contributed by atoms with van der Waals surface area (Å²) in [6, 6.07) is 7.89.